The lowest BCUT2D eigenvalue weighted by atomic mass is 9.86. The molecule has 18 heavy (non-hydrogen) atoms. The van der Waals surface area contributed by atoms with Gasteiger partial charge in [-0.05, 0) is 17.9 Å². The first-order valence-corrected chi connectivity index (χ1v) is 6.08. The van der Waals surface area contributed by atoms with E-state index in [0.717, 1.165) is 17.8 Å². The molecule has 4 heteroatoms. The number of halogens is 1. The fourth-order valence-corrected chi connectivity index (χ4v) is 3.07. The molecule has 3 nitrogen and oxygen atoms in total. The van der Waals surface area contributed by atoms with Gasteiger partial charge in [-0.15, -0.1) is 0 Å². The molecule has 2 aromatic rings. The highest BCUT2D eigenvalue weighted by molar-refractivity contribution is 5.45. The van der Waals surface area contributed by atoms with Gasteiger partial charge in [0.15, 0.2) is 0 Å². The maximum atomic E-state index is 14.1. The summed E-state index contributed by atoms with van der Waals surface area (Å²) in [5, 5.41) is 4.13. The van der Waals surface area contributed by atoms with Crippen LogP contribution in [-0.2, 0) is 12.5 Å². The highest BCUT2D eigenvalue weighted by atomic mass is 19.1. The lowest BCUT2D eigenvalue weighted by Crippen LogP contribution is -2.22. The summed E-state index contributed by atoms with van der Waals surface area (Å²) in [5.74, 6) is 0.684. The van der Waals surface area contributed by atoms with Gasteiger partial charge in [-0.3, -0.25) is 4.68 Å². The molecule has 1 atom stereocenters. The fourth-order valence-electron chi connectivity index (χ4n) is 3.07. The van der Waals surface area contributed by atoms with Crippen LogP contribution in [0.2, 0.25) is 0 Å². The van der Waals surface area contributed by atoms with E-state index in [-0.39, 0.29) is 16.6 Å². The first kappa shape index (κ1) is 11.4. The lowest BCUT2D eigenvalue weighted by Gasteiger charge is -2.20. The molecular weight excluding hydrogens is 229 g/mol. The summed E-state index contributed by atoms with van der Waals surface area (Å²) in [6.45, 7) is 4.29. The maximum absolute atomic E-state index is 14.1. The minimum atomic E-state index is -0.344. The van der Waals surface area contributed by atoms with E-state index in [2.05, 4.69) is 23.9 Å². The summed E-state index contributed by atoms with van der Waals surface area (Å²) in [6, 6.07) is 6.98. The molecule has 94 valence electrons. The van der Waals surface area contributed by atoms with E-state index in [1.54, 1.807) is 10.7 Å². The Hall–Kier alpha value is -1.71. The molecular formula is C14H16FN3. The van der Waals surface area contributed by atoms with Gasteiger partial charge >= 0.3 is 0 Å². The Morgan fingerprint density at radius 3 is 2.44 bits per heavy atom. The molecule has 0 saturated heterocycles. The second kappa shape index (κ2) is 3.40. The van der Waals surface area contributed by atoms with E-state index in [1.165, 1.54) is 12.4 Å². The van der Waals surface area contributed by atoms with Crippen molar-refractivity contribution < 1.29 is 4.39 Å². The monoisotopic (exact) mass is 245 g/mol. The lowest BCUT2D eigenvalue weighted by molar-refractivity contribution is 0.486. The zero-order valence-electron chi connectivity index (χ0n) is 10.8. The summed E-state index contributed by atoms with van der Waals surface area (Å²) < 4.78 is 15.9. The number of hydrogen-bond acceptors (Lipinski definition) is 2. The molecule has 1 aromatic heterocycles. The first-order valence-electron chi connectivity index (χ1n) is 6.08. The van der Waals surface area contributed by atoms with Crippen molar-refractivity contribution >= 4 is 0 Å². The smallest absolute Gasteiger partial charge is 0.138 e. The van der Waals surface area contributed by atoms with Crippen molar-refractivity contribution in [2.24, 2.45) is 12.5 Å². The Morgan fingerprint density at radius 1 is 1.28 bits per heavy atom. The summed E-state index contributed by atoms with van der Waals surface area (Å²) in [7, 11) is 1.86. The van der Waals surface area contributed by atoms with Crippen LogP contribution in [0.1, 0.15) is 31.7 Å². The summed E-state index contributed by atoms with van der Waals surface area (Å²) in [5.41, 5.74) is 0.394. The molecule has 1 heterocycles. The van der Waals surface area contributed by atoms with E-state index in [4.69, 9.17) is 0 Å². The number of aryl methyl sites for hydroxylation is 1. The van der Waals surface area contributed by atoms with Crippen molar-refractivity contribution in [1.29, 1.82) is 0 Å². The van der Waals surface area contributed by atoms with Crippen LogP contribution in [0, 0.1) is 11.2 Å². The van der Waals surface area contributed by atoms with Gasteiger partial charge in [-0.1, -0.05) is 32.0 Å². The predicted molar refractivity (Wildman–Crippen MR) is 66.6 cm³/mol. The second-order valence-electron chi connectivity index (χ2n) is 5.65. The van der Waals surface area contributed by atoms with Crippen molar-refractivity contribution in [3.05, 3.63) is 47.8 Å². The molecule has 1 aromatic carbocycles. The van der Waals surface area contributed by atoms with E-state index < -0.39 is 0 Å². The molecule has 0 unspecified atom stereocenters. The molecule has 0 amide bonds. The Kier molecular flexibility index (Phi) is 2.15. The molecule has 1 saturated carbocycles. The number of rotatable bonds is 2. The molecule has 0 bridgehead atoms. The Morgan fingerprint density at radius 2 is 1.94 bits per heavy atom. The van der Waals surface area contributed by atoms with E-state index >= 15 is 0 Å². The van der Waals surface area contributed by atoms with Crippen molar-refractivity contribution in [3.8, 4) is 0 Å². The molecule has 0 radical (unpaired) electrons. The van der Waals surface area contributed by atoms with Crippen LogP contribution >= 0.6 is 0 Å². The number of aromatic nitrogens is 3. The minimum absolute atomic E-state index is 0.00991. The summed E-state index contributed by atoms with van der Waals surface area (Å²) in [6.07, 6.45) is 2.43. The Bertz CT molecular complexity index is 603. The molecule has 1 aliphatic carbocycles. The third-order valence-corrected chi connectivity index (χ3v) is 4.16. The number of nitrogens with zero attached hydrogens (tertiary/aromatic N) is 3. The van der Waals surface area contributed by atoms with E-state index in [9.17, 15) is 4.39 Å². The Labute approximate surface area is 106 Å². The van der Waals surface area contributed by atoms with Crippen molar-refractivity contribution in [2.75, 3.05) is 0 Å². The fraction of sp³-hybridized carbons (Fsp3) is 0.429. The largest absolute Gasteiger partial charge is 0.252 e. The zero-order valence-corrected chi connectivity index (χ0v) is 10.8. The predicted octanol–water partition coefficient (Wildman–Crippen LogP) is 2.67. The average molecular weight is 245 g/mol. The molecule has 1 aliphatic rings. The maximum Gasteiger partial charge on any atom is 0.138 e. The average Bonchev–Trinajstić information content (AvgIpc) is 2.68. The third-order valence-electron chi connectivity index (χ3n) is 4.16. The van der Waals surface area contributed by atoms with Gasteiger partial charge in [0.2, 0.25) is 0 Å². The first-order chi connectivity index (χ1) is 8.49. The van der Waals surface area contributed by atoms with Crippen LogP contribution in [0.15, 0.2) is 30.6 Å². The zero-order chi connectivity index (χ0) is 13.0. The van der Waals surface area contributed by atoms with Crippen molar-refractivity contribution in [2.45, 2.75) is 25.7 Å². The van der Waals surface area contributed by atoms with Crippen LogP contribution in [-0.4, -0.2) is 14.8 Å². The van der Waals surface area contributed by atoms with Crippen LogP contribution in [0.4, 0.5) is 4.39 Å². The van der Waals surface area contributed by atoms with Crippen molar-refractivity contribution in [3.63, 3.8) is 0 Å². The summed E-state index contributed by atoms with van der Waals surface area (Å²) in [4.78, 5) is 4.35. The topological polar surface area (TPSA) is 30.7 Å². The summed E-state index contributed by atoms with van der Waals surface area (Å²) >= 11 is 0. The number of benzene rings is 1. The van der Waals surface area contributed by atoms with Crippen LogP contribution < -0.4 is 0 Å². The molecule has 0 N–H and O–H groups in total. The van der Waals surface area contributed by atoms with Gasteiger partial charge < -0.3 is 0 Å². The number of hydrogen-bond donors (Lipinski definition) is 0. The quantitative estimate of drug-likeness (QED) is 0.814. The molecule has 0 aliphatic heterocycles. The Balaban J connectivity index is 2.23. The normalized spacial score (nSPS) is 25.1. The van der Waals surface area contributed by atoms with Gasteiger partial charge in [0.1, 0.15) is 18.0 Å². The highest BCUT2D eigenvalue weighted by Crippen LogP contribution is 2.67. The second-order valence-corrected chi connectivity index (χ2v) is 5.65. The molecule has 3 rings (SSSR count). The van der Waals surface area contributed by atoms with Crippen molar-refractivity contribution in [1.82, 2.24) is 14.8 Å². The van der Waals surface area contributed by atoms with Crippen LogP contribution in [0.5, 0.6) is 0 Å². The molecule has 0 spiro atoms. The van der Waals surface area contributed by atoms with E-state index in [0.29, 0.717) is 0 Å². The van der Waals surface area contributed by atoms with E-state index in [1.807, 2.05) is 19.2 Å². The third kappa shape index (κ3) is 1.29. The van der Waals surface area contributed by atoms with Gasteiger partial charge in [0.05, 0.1) is 5.41 Å². The van der Waals surface area contributed by atoms with Gasteiger partial charge in [0.25, 0.3) is 0 Å². The SMILES string of the molecule is Cn1ncnc1[C@]1(c2ccccc2F)CC1(C)C. The van der Waals surface area contributed by atoms with Gasteiger partial charge in [-0.2, -0.15) is 5.10 Å². The standard InChI is InChI=1S/C14H16FN3/c1-13(2)8-14(13,12-16-9-17-18(12)3)10-6-4-5-7-11(10)15/h4-7,9H,8H2,1-3H3/t14-/m1/s1. The highest BCUT2D eigenvalue weighted by Gasteiger charge is 2.66. The van der Waals surface area contributed by atoms with Gasteiger partial charge in [0, 0.05) is 12.6 Å². The van der Waals surface area contributed by atoms with Crippen LogP contribution in [0.25, 0.3) is 0 Å². The van der Waals surface area contributed by atoms with Crippen LogP contribution in [0.3, 0.4) is 0 Å². The van der Waals surface area contributed by atoms with Gasteiger partial charge in [-0.25, -0.2) is 9.37 Å². The minimum Gasteiger partial charge on any atom is -0.252 e. The molecule has 1 fully saturated rings.